The second-order valence-corrected chi connectivity index (χ2v) is 10.2. The molecule has 112 valence electrons. The van der Waals surface area contributed by atoms with Crippen molar-refractivity contribution in [3.63, 3.8) is 0 Å². The van der Waals surface area contributed by atoms with E-state index in [1.165, 1.54) is 12.4 Å². The summed E-state index contributed by atoms with van der Waals surface area (Å²) in [5.74, 6) is -0.550. The quantitative estimate of drug-likeness (QED) is 0.739. The number of aromatic nitrogens is 2. The molecule has 0 fully saturated rings. The highest BCUT2D eigenvalue weighted by Gasteiger charge is 2.27. The summed E-state index contributed by atoms with van der Waals surface area (Å²) < 4.78 is 27.9. The van der Waals surface area contributed by atoms with E-state index in [1.807, 2.05) is 12.1 Å². The van der Waals surface area contributed by atoms with Gasteiger partial charge in [0, 0.05) is 5.56 Å². The Hall–Kier alpha value is -2.27. The van der Waals surface area contributed by atoms with Crippen LogP contribution in [0.4, 0.5) is 8.78 Å². The van der Waals surface area contributed by atoms with Gasteiger partial charge in [-0.3, -0.25) is 0 Å². The maximum absolute atomic E-state index is 14.4. The van der Waals surface area contributed by atoms with Crippen LogP contribution in [0.3, 0.4) is 0 Å². The molecule has 0 amide bonds. The highest BCUT2D eigenvalue weighted by Crippen LogP contribution is 2.20. The van der Waals surface area contributed by atoms with Crippen LogP contribution in [0, 0.1) is 11.6 Å². The lowest BCUT2D eigenvalue weighted by molar-refractivity contribution is 0.629. The van der Waals surface area contributed by atoms with E-state index in [-0.39, 0.29) is 11.6 Å². The number of rotatable bonds is 3. The first-order valence-corrected chi connectivity index (χ1v) is 10.0. The largest absolute Gasteiger partial charge is 0.345 e. The van der Waals surface area contributed by atoms with Gasteiger partial charge in [-0.05, 0) is 24.3 Å². The van der Waals surface area contributed by atoms with Gasteiger partial charge in [0.15, 0.2) is 0 Å². The van der Waals surface area contributed by atoms with Crippen molar-refractivity contribution in [3.8, 4) is 11.3 Å². The first-order valence-electron chi connectivity index (χ1n) is 7.03. The second-order valence-electron chi connectivity index (χ2n) is 5.80. The molecule has 1 heterocycles. The second kappa shape index (κ2) is 5.49. The van der Waals surface area contributed by atoms with Crippen molar-refractivity contribution in [3.05, 3.63) is 66.6 Å². The van der Waals surface area contributed by atoms with Crippen LogP contribution >= 0.6 is 0 Å². The van der Waals surface area contributed by atoms with Crippen LogP contribution in [-0.2, 0) is 0 Å². The number of hydrogen-bond donors (Lipinski definition) is 1. The van der Waals surface area contributed by atoms with E-state index in [0.717, 1.165) is 10.4 Å². The number of H-pyrrole nitrogens is 1. The van der Waals surface area contributed by atoms with E-state index >= 15 is 0 Å². The summed E-state index contributed by atoms with van der Waals surface area (Å²) in [4.78, 5) is 6.82. The average molecular weight is 314 g/mol. The van der Waals surface area contributed by atoms with E-state index in [0.29, 0.717) is 11.3 Å². The first-order chi connectivity index (χ1) is 10.5. The molecule has 0 aliphatic heterocycles. The number of nitrogens with one attached hydrogen (secondary N) is 1. The molecule has 1 aromatic heterocycles. The lowest BCUT2D eigenvalue weighted by Crippen LogP contribution is -2.53. The summed E-state index contributed by atoms with van der Waals surface area (Å²) in [5, 5.41) is 1.88. The molecule has 3 rings (SSSR count). The zero-order chi connectivity index (χ0) is 15.7. The molecule has 0 atom stereocenters. The van der Waals surface area contributed by atoms with Gasteiger partial charge >= 0.3 is 0 Å². The van der Waals surface area contributed by atoms with Crippen LogP contribution in [0.25, 0.3) is 11.3 Å². The maximum atomic E-state index is 14.4. The normalized spacial score (nSPS) is 11.6. The smallest absolute Gasteiger partial charge is 0.132 e. The molecule has 5 heteroatoms. The van der Waals surface area contributed by atoms with Crippen LogP contribution < -0.4 is 10.4 Å². The molecular formula is C17H16F2N2Si. The molecule has 22 heavy (non-hydrogen) atoms. The van der Waals surface area contributed by atoms with Gasteiger partial charge < -0.3 is 4.98 Å². The molecule has 0 spiro atoms. The van der Waals surface area contributed by atoms with Gasteiger partial charge in [-0.15, -0.1) is 0 Å². The third kappa shape index (κ3) is 2.59. The number of nitrogens with zero attached hydrogens (tertiary/aromatic N) is 1. The summed E-state index contributed by atoms with van der Waals surface area (Å²) >= 11 is 0. The van der Waals surface area contributed by atoms with Crippen molar-refractivity contribution < 1.29 is 8.78 Å². The SMILES string of the molecule is C[Si](C)(c1cccc(F)c1)c1ccc(-c2cnc[nH]2)c(F)c1. The fourth-order valence-corrected chi connectivity index (χ4v) is 4.90. The lowest BCUT2D eigenvalue weighted by atomic mass is 10.1. The predicted octanol–water partition coefficient (Wildman–Crippen LogP) is 3.18. The van der Waals surface area contributed by atoms with Crippen LogP contribution in [-0.4, -0.2) is 18.0 Å². The molecule has 0 bridgehead atoms. The predicted molar refractivity (Wildman–Crippen MR) is 87.1 cm³/mol. The van der Waals surface area contributed by atoms with E-state index in [9.17, 15) is 8.78 Å². The standard InChI is InChI=1S/C17H16F2N2Si/c1-22(2,13-5-3-4-12(18)8-13)14-6-7-15(16(19)9-14)17-10-20-11-21-17/h3-11H,1-2H3,(H,20,21). The average Bonchev–Trinajstić information content (AvgIpc) is 3.01. The molecule has 0 unspecified atom stereocenters. The molecule has 0 aliphatic carbocycles. The zero-order valence-corrected chi connectivity index (χ0v) is 13.4. The molecule has 2 aromatic carbocycles. The van der Waals surface area contributed by atoms with Crippen molar-refractivity contribution in [1.29, 1.82) is 0 Å². The van der Waals surface area contributed by atoms with Crippen LogP contribution in [0.2, 0.25) is 13.1 Å². The number of benzene rings is 2. The van der Waals surface area contributed by atoms with E-state index in [2.05, 4.69) is 23.1 Å². The van der Waals surface area contributed by atoms with Crippen molar-refractivity contribution in [2.45, 2.75) is 13.1 Å². The Morgan fingerprint density at radius 3 is 2.41 bits per heavy atom. The summed E-state index contributed by atoms with van der Waals surface area (Å²) in [6.45, 7) is 4.18. The molecule has 3 aromatic rings. The zero-order valence-electron chi connectivity index (χ0n) is 12.4. The molecule has 0 saturated heterocycles. The van der Waals surface area contributed by atoms with Crippen molar-refractivity contribution >= 4 is 18.4 Å². The summed E-state index contributed by atoms with van der Waals surface area (Å²) in [6, 6.07) is 11.8. The van der Waals surface area contributed by atoms with Gasteiger partial charge in [-0.1, -0.05) is 41.7 Å². The Labute approximate surface area is 128 Å². The fourth-order valence-electron chi connectivity index (χ4n) is 2.57. The topological polar surface area (TPSA) is 28.7 Å². The number of hydrogen-bond acceptors (Lipinski definition) is 1. The number of halogens is 2. The minimum Gasteiger partial charge on any atom is -0.345 e. The Morgan fingerprint density at radius 1 is 1.00 bits per heavy atom. The summed E-state index contributed by atoms with van der Waals surface area (Å²) in [6.07, 6.45) is 3.11. The van der Waals surface area contributed by atoms with Gasteiger partial charge in [0.25, 0.3) is 0 Å². The van der Waals surface area contributed by atoms with Crippen LogP contribution in [0.1, 0.15) is 0 Å². The van der Waals surface area contributed by atoms with Gasteiger partial charge in [-0.2, -0.15) is 0 Å². The van der Waals surface area contributed by atoms with Crippen LogP contribution in [0.5, 0.6) is 0 Å². The highest BCUT2D eigenvalue weighted by atomic mass is 28.3. The van der Waals surface area contributed by atoms with E-state index < -0.39 is 8.07 Å². The lowest BCUT2D eigenvalue weighted by Gasteiger charge is -2.24. The first kappa shape index (κ1) is 14.7. The molecule has 0 aliphatic rings. The molecular weight excluding hydrogens is 298 g/mol. The van der Waals surface area contributed by atoms with Crippen molar-refractivity contribution in [2.75, 3.05) is 0 Å². The number of imidazole rings is 1. The number of aromatic amines is 1. The third-order valence-corrected chi connectivity index (χ3v) is 7.53. The Kier molecular flexibility index (Phi) is 3.66. The minimum atomic E-state index is -2.13. The molecule has 2 nitrogen and oxygen atoms in total. The molecule has 0 radical (unpaired) electrons. The van der Waals surface area contributed by atoms with Crippen molar-refractivity contribution in [1.82, 2.24) is 9.97 Å². The fraction of sp³-hybridized carbons (Fsp3) is 0.118. The van der Waals surface area contributed by atoms with E-state index in [4.69, 9.17) is 0 Å². The molecule has 0 saturated carbocycles. The van der Waals surface area contributed by atoms with Gasteiger partial charge in [-0.25, -0.2) is 13.8 Å². The minimum absolute atomic E-state index is 0.257. The van der Waals surface area contributed by atoms with Crippen LogP contribution in [0.15, 0.2) is 55.0 Å². The van der Waals surface area contributed by atoms with Gasteiger partial charge in [0.05, 0.1) is 18.2 Å². The Balaban J connectivity index is 2.03. The van der Waals surface area contributed by atoms with Crippen molar-refractivity contribution in [2.24, 2.45) is 0 Å². The third-order valence-electron chi connectivity index (χ3n) is 4.03. The Bertz CT molecular complexity index is 798. The summed E-state index contributed by atoms with van der Waals surface area (Å²) in [5.41, 5.74) is 1.14. The molecule has 1 N–H and O–H groups in total. The monoisotopic (exact) mass is 314 g/mol. The highest BCUT2D eigenvalue weighted by molar-refractivity contribution is 7.00. The maximum Gasteiger partial charge on any atom is 0.132 e. The van der Waals surface area contributed by atoms with Gasteiger partial charge in [0.1, 0.15) is 19.7 Å². The summed E-state index contributed by atoms with van der Waals surface area (Å²) in [7, 11) is -2.13. The van der Waals surface area contributed by atoms with E-state index in [1.54, 1.807) is 30.5 Å². The van der Waals surface area contributed by atoms with Gasteiger partial charge in [0.2, 0.25) is 0 Å². The Morgan fingerprint density at radius 2 is 1.77 bits per heavy atom.